The molecule has 0 fully saturated rings. The highest BCUT2D eigenvalue weighted by Gasteiger charge is 2.06. The highest BCUT2D eigenvalue weighted by molar-refractivity contribution is 4.64. The fourth-order valence-electron chi connectivity index (χ4n) is 5.37. The Morgan fingerprint density at radius 1 is 0.324 bits per heavy atom. The molecule has 0 amide bonds. The number of unbranched alkanes of at least 4 members (excludes halogenated alkanes) is 15. The maximum absolute atomic E-state index is 4.45. The minimum atomic E-state index is 0.702. The largest absolute Gasteiger partial charge is 0.0628 e. The van der Waals surface area contributed by atoms with E-state index in [1.165, 1.54) is 154 Å². The molecule has 205 valence electrons. The van der Waals surface area contributed by atoms with Crippen LogP contribution in [0.25, 0.3) is 0 Å². The fraction of sp³-hybridized carbons (Fsp3) is 0.971. The van der Waals surface area contributed by atoms with Gasteiger partial charge in [-0.1, -0.05) is 196 Å². The number of rotatable bonds is 27. The van der Waals surface area contributed by atoms with Gasteiger partial charge in [0.1, 0.15) is 0 Å². The average molecular weight is 478 g/mol. The molecule has 34 heavy (non-hydrogen) atoms. The summed E-state index contributed by atoms with van der Waals surface area (Å²) in [7, 11) is 0. The van der Waals surface area contributed by atoms with Crippen LogP contribution in [0.2, 0.25) is 0 Å². The molecule has 2 atom stereocenters. The molecule has 0 heteroatoms. The maximum Gasteiger partial charge on any atom is -0.0414 e. The van der Waals surface area contributed by atoms with Crippen molar-refractivity contribution in [1.29, 1.82) is 0 Å². The van der Waals surface area contributed by atoms with Crippen molar-refractivity contribution in [3.8, 4) is 0 Å². The molecule has 0 aromatic rings. The van der Waals surface area contributed by atoms with Crippen LogP contribution in [0.1, 0.15) is 189 Å². The van der Waals surface area contributed by atoms with Crippen molar-refractivity contribution in [2.75, 3.05) is 0 Å². The van der Waals surface area contributed by atoms with Gasteiger partial charge in [-0.2, -0.15) is 0 Å². The Kier molecular flexibility index (Phi) is 26.1. The summed E-state index contributed by atoms with van der Waals surface area (Å²) in [4.78, 5) is 0. The zero-order valence-electron chi connectivity index (χ0n) is 25.0. The van der Waals surface area contributed by atoms with E-state index in [4.69, 9.17) is 0 Å². The summed E-state index contributed by atoms with van der Waals surface area (Å²) in [5.41, 5.74) is 0. The van der Waals surface area contributed by atoms with Gasteiger partial charge in [-0.15, -0.1) is 0 Å². The summed E-state index contributed by atoms with van der Waals surface area (Å²) >= 11 is 0. The molecule has 0 aliphatic rings. The summed E-state index contributed by atoms with van der Waals surface area (Å²) in [6.45, 7) is 16.3. The Morgan fingerprint density at radius 2 is 0.588 bits per heavy atom. The molecular weight excluding hydrogens is 408 g/mol. The van der Waals surface area contributed by atoms with E-state index in [0.717, 1.165) is 17.8 Å². The van der Waals surface area contributed by atoms with Gasteiger partial charge in [0, 0.05) is 0 Å². The Labute approximate surface area is 219 Å². The van der Waals surface area contributed by atoms with Gasteiger partial charge >= 0.3 is 0 Å². The molecule has 0 aliphatic heterocycles. The van der Waals surface area contributed by atoms with Crippen LogP contribution in [0, 0.1) is 30.6 Å². The maximum atomic E-state index is 4.45. The van der Waals surface area contributed by atoms with Crippen molar-refractivity contribution in [2.24, 2.45) is 23.7 Å². The van der Waals surface area contributed by atoms with Gasteiger partial charge < -0.3 is 0 Å². The Hall–Kier alpha value is 0. The Balaban J connectivity index is 3.28. The van der Waals surface area contributed by atoms with Crippen LogP contribution >= 0.6 is 0 Å². The summed E-state index contributed by atoms with van der Waals surface area (Å²) in [6.07, 6.45) is 34.6. The third-order valence-electron chi connectivity index (χ3n) is 7.93. The molecule has 0 aliphatic carbocycles. The highest BCUT2D eigenvalue weighted by Crippen LogP contribution is 2.22. The first-order valence-corrected chi connectivity index (χ1v) is 16.2. The van der Waals surface area contributed by atoms with Crippen LogP contribution in [0.3, 0.4) is 0 Å². The predicted octanol–water partition coefficient (Wildman–Crippen LogP) is 12.7. The topological polar surface area (TPSA) is 0 Å². The van der Waals surface area contributed by atoms with E-state index in [-0.39, 0.29) is 0 Å². The molecule has 0 spiro atoms. The Morgan fingerprint density at radius 3 is 0.971 bits per heavy atom. The van der Waals surface area contributed by atoms with Gasteiger partial charge in [0.25, 0.3) is 0 Å². The minimum Gasteiger partial charge on any atom is -0.0628 e. The first-order valence-electron chi connectivity index (χ1n) is 16.2. The molecule has 0 N–H and O–H groups in total. The van der Waals surface area contributed by atoms with Crippen molar-refractivity contribution in [3.63, 3.8) is 0 Å². The van der Waals surface area contributed by atoms with Crippen molar-refractivity contribution in [1.82, 2.24) is 0 Å². The lowest BCUT2D eigenvalue weighted by Crippen LogP contribution is -1.99. The average Bonchev–Trinajstić information content (AvgIpc) is 2.78. The van der Waals surface area contributed by atoms with E-state index < -0.39 is 0 Å². The smallest absolute Gasteiger partial charge is 0.0414 e. The SMILES string of the molecule is [CH2]C(CCCCCCCCCCCCCCC(C)C)CCCC(C)CCCCCCCC(C)C. The minimum absolute atomic E-state index is 0.702. The fourth-order valence-corrected chi connectivity index (χ4v) is 5.37. The number of hydrogen-bond acceptors (Lipinski definition) is 0. The normalized spacial score (nSPS) is 13.8. The quantitative estimate of drug-likeness (QED) is 0.103. The first-order chi connectivity index (χ1) is 16.4. The van der Waals surface area contributed by atoms with E-state index in [1.54, 1.807) is 0 Å². The van der Waals surface area contributed by atoms with Gasteiger partial charge in [0.15, 0.2) is 0 Å². The second kappa shape index (κ2) is 26.1. The van der Waals surface area contributed by atoms with Crippen molar-refractivity contribution >= 4 is 0 Å². The third kappa shape index (κ3) is 28.2. The predicted molar refractivity (Wildman–Crippen MR) is 158 cm³/mol. The van der Waals surface area contributed by atoms with Crippen LogP contribution in [-0.2, 0) is 0 Å². The van der Waals surface area contributed by atoms with Gasteiger partial charge in [-0.25, -0.2) is 0 Å². The zero-order chi connectivity index (χ0) is 25.3. The molecule has 0 aromatic heterocycles. The molecule has 1 radical (unpaired) electrons. The Bertz CT molecular complexity index is 368. The van der Waals surface area contributed by atoms with E-state index in [1.807, 2.05) is 0 Å². The van der Waals surface area contributed by atoms with Crippen LogP contribution in [0.4, 0.5) is 0 Å². The molecule has 2 unspecified atom stereocenters. The van der Waals surface area contributed by atoms with Crippen molar-refractivity contribution in [2.45, 2.75) is 189 Å². The highest BCUT2D eigenvalue weighted by atomic mass is 14.1. The molecule has 0 rings (SSSR count). The molecule has 0 bridgehead atoms. The lowest BCUT2D eigenvalue weighted by Gasteiger charge is -2.14. The van der Waals surface area contributed by atoms with Crippen molar-refractivity contribution in [3.05, 3.63) is 6.92 Å². The van der Waals surface area contributed by atoms with Gasteiger partial charge in [-0.3, -0.25) is 0 Å². The summed E-state index contributed by atoms with van der Waals surface area (Å²) in [5.74, 6) is 3.40. The van der Waals surface area contributed by atoms with Gasteiger partial charge in [0.2, 0.25) is 0 Å². The van der Waals surface area contributed by atoms with Crippen LogP contribution in [0.15, 0.2) is 0 Å². The van der Waals surface area contributed by atoms with E-state index >= 15 is 0 Å². The molecular formula is C34H69. The second-order valence-corrected chi connectivity index (χ2v) is 12.9. The third-order valence-corrected chi connectivity index (χ3v) is 7.93. The van der Waals surface area contributed by atoms with E-state index in [2.05, 4.69) is 41.5 Å². The van der Waals surface area contributed by atoms with Gasteiger partial charge in [0.05, 0.1) is 0 Å². The van der Waals surface area contributed by atoms with E-state index in [9.17, 15) is 0 Å². The first kappa shape index (κ1) is 34.0. The molecule has 0 saturated carbocycles. The van der Waals surface area contributed by atoms with Crippen LogP contribution in [0.5, 0.6) is 0 Å². The van der Waals surface area contributed by atoms with Crippen LogP contribution < -0.4 is 0 Å². The standard InChI is InChI=1S/C34H69/c1-31(2)25-20-16-13-11-9-7-8-10-12-14-18-22-27-33(5)29-24-30-34(6)28-23-19-15-17-21-26-32(3)4/h31-34H,5,7-30H2,1-4,6H3. The lowest BCUT2D eigenvalue weighted by atomic mass is 9.92. The lowest BCUT2D eigenvalue weighted by molar-refractivity contribution is 0.405. The second-order valence-electron chi connectivity index (χ2n) is 12.9. The van der Waals surface area contributed by atoms with Crippen molar-refractivity contribution < 1.29 is 0 Å². The summed E-state index contributed by atoms with van der Waals surface area (Å²) in [6, 6.07) is 0. The molecule has 0 aromatic carbocycles. The monoisotopic (exact) mass is 478 g/mol. The van der Waals surface area contributed by atoms with Crippen LogP contribution in [-0.4, -0.2) is 0 Å². The van der Waals surface area contributed by atoms with Gasteiger partial charge in [-0.05, 0) is 23.7 Å². The summed E-state index contributed by atoms with van der Waals surface area (Å²) < 4.78 is 0. The summed E-state index contributed by atoms with van der Waals surface area (Å²) in [5, 5.41) is 0. The molecule has 0 saturated heterocycles. The number of hydrogen-bond donors (Lipinski definition) is 0. The molecule has 0 heterocycles. The molecule has 0 nitrogen and oxygen atoms in total. The zero-order valence-corrected chi connectivity index (χ0v) is 25.0. The van der Waals surface area contributed by atoms with E-state index in [0.29, 0.717) is 5.92 Å².